The van der Waals surface area contributed by atoms with Crippen molar-refractivity contribution in [2.75, 3.05) is 33.2 Å². The van der Waals surface area contributed by atoms with Gasteiger partial charge in [0.2, 0.25) is 5.91 Å². The summed E-state index contributed by atoms with van der Waals surface area (Å²) in [6.45, 7) is 4.74. The van der Waals surface area contributed by atoms with Gasteiger partial charge in [-0.2, -0.15) is 0 Å². The highest BCUT2D eigenvalue weighted by Gasteiger charge is 2.42. The van der Waals surface area contributed by atoms with Crippen molar-refractivity contribution in [3.8, 4) is 0 Å². The second-order valence-electron chi connectivity index (χ2n) is 7.97. The van der Waals surface area contributed by atoms with E-state index in [0.29, 0.717) is 37.5 Å². The lowest BCUT2D eigenvalue weighted by atomic mass is 9.86. The van der Waals surface area contributed by atoms with E-state index in [-0.39, 0.29) is 17.4 Å². The van der Waals surface area contributed by atoms with Crippen LogP contribution in [0.1, 0.15) is 59.9 Å². The lowest BCUT2D eigenvalue weighted by molar-refractivity contribution is -0.121. The van der Waals surface area contributed by atoms with Crippen LogP contribution >= 0.6 is 0 Å². The Hall–Kier alpha value is -2.02. The summed E-state index contributed by atoms with van der Waals surface area (Å²) in [7, 11) is 2.11. The Balaban J connectivity index is 1.53. The van der Waals surface area contributed by atoms with Crippen molar-refractivity contribution in [1.82, 2.24) is 25.1 Å². The first-order chi connectivity index (χ1) is 12.5. The van der Waals surface area contributed by atoms with E-state index in [4.69, 9.17) is 0 Å². The van der Waals surface area contributed by atoms with Gasteiger partial charge in [0, 0.05) is 50.3 Å². The normalized spacial score (nSPS) is 27.3. The number of amides is 2. The molecule has 1 atom stereocenters. The first kappa shape index (κ1) is 17.4. The maximum atomic E-state index is 13.1. The summed E-state index contributed by atoms with van der Waals surface area (Å²) in [5.74, 6) is 1.49. The van der Waals surface area contributed by atoms with Crippen LogP contribution in [0, 0.1) is 6.92 Å². The van der Waals surface area contributed by atoms with Crippen LogP contribution in [0.3, 0.4) is 0 Å². The molecule has 1 aromatic heterocycles. The van der Waals surface area contributed by atoms with E-state index in [9.17, 15) is 9.59 Å². The first-order valence-electron chi connectivity index (χ1n) is 9.59. The van der Waals surface area contributed by atoms with E-state index >= 15 is 0 Å². The molecule has 0 radical (unpaired) electrons. The van der Waals surface area contributed by atoms with Crippen LogP contribution in [-0.4, -0.2) is 70.3 Å². The van der Waals surface area contributed by atoms with E-state index < -0.39 is 0 Å². The standard InChI is InChI=1S/C19H27N5O2/c1-13-15(11-21-17(22-13)14-3-4-14)18(26)24-10-9-23(2)19(12-24)6-5-16(25)20-8-7-19/h11,14H,3-10,12H2,1-2H3,(H,20,25)/t19-/m0/s1. The van der Waals surface area contributed by atoms with E-state index in [0.717, 1.165) is 43.7 Å². The summed E-state index contributed by atoms with van der Waals surface area (Å²) in [4.78, 5) is 38.2. The maximum Gasteiger partial charge on any atom is 0.257 e. The SMILES string of the molecule is Cc1nc(C2CC2)ncc1C(=O)N1CCN(C)[C@@]2(CCNC(=O)CC2)C1. The predicted molar refractivity (Wildman–Crippen MR) is 96.9 cm³/mol. The average Bonchev–Trinajstić information content (AvgIpc) is 3.47. The molecule has 1 N–H and O–H groups in total. The number of piperazine rings is 1. The molecule has 2 saturated heterocycles. The molecule has 0 unspecified atom stereocenters. The van der Waals surface area contributed by atoms with Crippen molar-refractivity contribution >= 4 is 11.8 Å². The molecule has 7 nitrogen and oxygen atoms in total. The second-order valence-corrected chi connectivity index (χ2v) is 7.97. The lowest BCUT2D eigenvalue weighted by Crippen LogP contribution is -2.62. The molecular weight excluding hydrogens is 330 g/mol. The van der Waals surface area contributed by atoms with Crippen LogP contribution in [0.2, 0.25) is 0 Å². The van der Waals surface area contributed by atoms with Crippen LogP contribution in [-0.2, 0) is 4.79 Å². The van der Waals surface area contributed by atoms with E-state index in [1.54, 1.807) is 6.20 Å². The van der Waals surface area contributed by atoms with Crippen LogP contribution in [0.4, 0.5) is 0 Å². The number of hydrogen-bond acceptors (Lipinski definition) is 5. The van der Waals surface area contributed by atoms with Crippen molar-refractivity contribution in [1.29, 1.82) is 0 Å². The highest BCUT2D eigenvalue weighted by molar-refractivity contribution is 5.95. The van der Waals surface area contributed by atoms with Crippen molar-refractivity contribution in [3.05, 3.63) is 23.3 Å². The zero-order chi connectivity index (χ0) is 18.3. The number of aromatic nitrogens is 2. The predicted octanol–water partition coefficient (Wildman–Crippen LogP) is 1.09. The summed E-state index contributed by atoms with van der Waals surface area (Å²) in [6, 6.07) is 0. The van der Waals surface area contributed by atoms with E-state index in [1.165, 1.54) is 0 Å². The Bertz CT molecular complexity index is 733. The molecule has 140 valence electrons. The zero-order valence-electron chi connectivity index (χ0n) is 15.6. The Morgan fingerprint density at radius 2 is 2.12 bits per heavy atom. The highest BCUT2D eigenvalue weighted by Crippen LogP contribution is 2.38. The molecule has 1 aliphatic carbocycles. The first-order valence-corrected chi connectivity index (χ1v) is 9.59. The summed E-state index contributed by atoms with van der Waals surface area (Å²) >= 11 is 0. The third-order valence-electron chi connectivity index (χ3n) is 6.19. The molecule has 0 aromatic carbocycles. The summed E-state index contributed by atoms with van der Waals surface area (Å²) in [5, 5.41) is 2.96. The van der Waals surface area contributed by atoms with Gasteiger partial charge in [-0.25, -0.2) is 9.97 Å². The largest absolute Gasteiger partial charge is 0.356 e. The quantitative estimate of drug-likeness (QED) is 0.857. The Morgan fingerprint density at radius 3 is 2.85 bits per heavy atom. The Labute approximate surface area is 154 Å². The highest BCUT2D eigenvalue weighted by atomic mass is 16.2. The zero-order valence-corrected chi connectivity index (χ0v) is 15.6. The maximum absolute atomic E-state index is 13.1. The Kier molecular flexibility index (Phi) is 4.42. The van der Waals surface area contributed by atoms with Gasteiger partial charge >= 0.3 is 0 Å². The van der Waals surface area contributed by atoms with Crippen molar-refractivity contribution < 1.29 is 9.59 Å². The molecule has 7 heteroatoms. The van der Waals surface area contributed by atoms with Gasteiger partial charge in [0.25, 0.3) is 5.91 Å². The molecule has 3 aliphatic rings. The number of aryl methyl sites for hydroxylation is 1. The summed E-state index contributed by atoms with van der Waals surface area (Å²) in [5.41, 5.74) is 1.25. The molecule has 0 bridgehead atoms. The van der Waals surface area contributed by atoms with E-state index in [2.05, 4.69) is 27.2 Å². The second kappa shape index (κ2) is 6.61. The fourth-order valence-electron chi connectivity index (χ4n) is 4.17. The molecule has 3 fully saturated rings. The third kappa shape index (κ3) is 3.20. The smallest absolute Gasteiger partial charge is 0.257 e. The minimum Gasteiger partial charge on any atom is -0.356 e. The van der Waals surface area contributed by atoms with Gasteiger partial charge in [-0.15, -0.1) is 0 Å². The van der Waals surface area contributed by atoms with Crippen LogP contribution in [0.15, 0.2) is 6.20 Å². The van der Waals surface area contributed by atoms with Gasteiger partial charge in [-0.3, -0.25) is 14.5 Å². The fourth-order valence-corrected chi connectivity index (χ4v) is 4.17. The number of carbonyl (C=O) groups excluding carboxylic acids is 2. The van der Waals surface area contributed by atoms with Crippen LogP contribution in [0.5, 0.6) is 0 Å². The number of nitrogens with zero attached hydrogens (tertiary/aromatic N) is 4. The summed E-state index contributed by atoms with van der Waals surface area (Å²) in [6.07, 6.45) is 6.19. The fraction of sp³-hybridized carbons (Fsp3) is 0.684. The molecule has 1 spiro atoms. The minimum atomic E-state index is -0.129. The van der Waals surface area contributed by atoms with E-state index in [1.807, 2.05) is 11.8 Å². The number of likely N-dealkylation sites (N-methyl/N-ethyl adjacent to an activating group) is 1. The minimum absolute atomic E-state index is 0.0147. The van der Waals surface area contributed by atoms with Gasteiger partial charge in [-0.05, 0) is 39.7 Å². The monoisotopic (exact) mass is 357 g/mol. The van der Waals surface area contributed by atoms with Gasteiger partial charge in [0.15, 0.2) is 0 Å². The molecule has 1 saturated carbocycles. The third-order valence-corrected chi connectivity index (χ3v) is 6.19. The molecule has 1 aromatic rings. The van der Waals surface area contributed by atoms with Crippen LogP contribution < -0.4 is 5.32 Å². The van der Waals surface area contributed by atoms with Crippen LogP contribution in [0.25, 0.3) is 0 Å². The van der Waals surface area contributed by atoms with Gasteiger partial charge in [0.05, 0.1) is 11.3 Å². The molecule has 2 amide bonds. The molecular formula is C19H27N5O2. The summed E-state index contributed by atoms with van der Waals surface area (Å²) < 4.78 is 0. The number of nitrogens with one attached hydrogen (secondary N) is 1. The van der Waals surface area contributed by atoms with Gasteiger partial charge in [0.1, 0.15) is 5.82 Å². The molecule has 26 heavy (non-hydrogen) atoms. The molecule has 2 aliphatic heterocycles. The van der Waals surface area contributed by atoms with Crippen molar-refractivity contribution in [3.63, 3.8) is 0 Å². The number of hydrogen-bond donors (Lipinski definition) is 1. The number of carbonyl (C=O) groups is 2. The molecule has 4 rings (SSSR count). The molecule has 3 heterocycles. The Morgan fingerprint density at radius 1 is 1.31 bits per heavy atom. The van der Waals surface area contributed by atoms with Gasteiger partial charge in [-0.1, -0.05) is 0 Å². The lowest BCUT2D eigenvalue weighted by Gasteiger charge is -2.49. The van der Waals surface area contributed by atoms with Gasteiger partial charge < -0.3 is 10.2 Å². The number of rotatable bonds is 2. The van der Waals surface area contributed by atoms with Crippen molar-refractivity contribution in [2.45, 2.75) is 50.5 Å². The van der Waals surface area contributed by atoms with Crippen molar-refractivity contribution in [2.24, 2.45) is 0 Å². The topological polar surface area (TPSA) is 78.4 Å². The average molecular weight is 357 g/mol.